The number of ketones is 1. The van der Waals surface area contributed by atoms with Crippen LogP contribution >= 0.6 is 0 Å². The second-order valence-corrected chi connectivity index (χ2v) is 6.52. The third kappa shape index (κ3) is 3.18. The van der Waals surface area contributed by atoms with Gasteiger partial charge in [-0.05, 0) is 48.9 Å². The Labute approximate surface area is 163 Å². The maximum atomic E-state index is 13.4. The van der Waals surface area contributed by atoms with Gasteiger partial charge in [0.05, 0.1) is 11.6 Å². The number of hydrogen-bond donors (Lipinski definition) is 1. The lowest BCUT2D eigenvalue weighted by molar-refractivity contribution is -0.132. The highest BCUT2D eigenvalue weighted by atomic mass is 19.1. The Morgan fingerprint density at radius 1 is 1.03 bits per heavy atom. The summed E-state index contributed by atoms with van der Waals surface area (Å²) in [4.78, 5) is 26.7. The molecule has 2 aromatic carbocycles. The molecular formula is C21H14F2N2O4. The molecule has 2 heterocycles. The highest BCUT2D eigenvalue weighted by Gasteiger charge is 2.48. The number of aliphatic hydroxyl groups excluding tert-OH is 1. The van der Waals surface area contributed by atoms with E-state index in [1.54, 1.807) is 6.92 Å². The summed E-state index contributed by atoms with van der Waals surface area (Å²) in [6.45, 7) is 1.62. The molecule has 29 heavy (non-hydrogen) atoms. The molecule has 1 saturated heterocycles. The number of hydrogen-bond acceptors (Lipinski definition) is 5. The van der Waals surface area contributed by atoms with Gasteiger partial charge in [0.2, 0.25) is 0 Å². The Balaban J connectivity index is 1.93. The predicted molar refractivity (Wildman–Crippen MR) is 98.8 cm³/mol. The number of benzene rings is 2. The van der Waals surface area contributed by atoms with E-state index in [0.717, 1.165) is 17.0 Å². The zero-order chi connectivity index (χ0) is 20.7. The molecule has 1 aliphatic rings. The van der Waals surface area contributed by atoms with E-state index in [0.29, 0.717) is 11.3 Å². The van der Waals surface area contributed by atoms with Crippen molar-refractivity contribution in [2.75, 3.05) is 4.90 Å². The average molecular weight is 396 g/mol. The molecule has 0 aliphatic carbocycles. The number of carbonyl (C=O) groups is 2. The van der Waals surface area contributed by atoms with E-state index in [1.807, 2.05) is 0 Å². The molecule has 0 saturated carbocycles. The van der Waals surface area contributed by atoms with Crippen molar-refractivity contribution >= 4 is 23.3 Å². The van der Waals surface area contributed by atoms with Crippen molar-refractivity contribution < 1.29 is 28.0 Å². The van der Waals surface area contributed by atoms with Gasteiger partial charge in [0.1, 0.15) is 23.2 Å². The lowest BCUT2D eigenvalue weighted by Crippen LogP contribution is -2.29. The van der Waals surface area contributed by atoms with Crippen molar-refractivity contribution in [3.8, 4) is 0 Å². The SMILES string of the molecule is Cc1cc(N2C(=O)C(=O)/C(=C(/O)c3ccc(F)cc3)[C@@H]2c2ccc(F)cc2)no1. The van der Waals surface area contributed by atoms with Crippen LogP contribution in [0.15, 0.2) is 64.7 Å². The zero-order valence-electron chi connectivity index (χ0n) is 15.1. The monoisotopic (exact) mass is 396 g/mol. The fraction of sp³-hybridized carbons (Fsp3) is 0.0952. The van der Waals surface area contributed by atoms with E-state index in [1.165, 1.54) is 42.5 Å². The third-order valence-corrected chi connectivity index (χ3v) is 4.61. The number of aromatic nitrogens is 1. The normalized spacial score (nSPS) is 18.4. The van der Waals surface area contributed by atoms with Gasteiger partial charge < -0.3 is 9.63 Å². The largest absolute Gasteiger partial charge is 0.507 e. The predicted octanol–water partition coefficient (Wildman–Crippen LogP) is 3.89. The van der Waals surface area contributed by atoms with Crippen LogP contribution in [-0.4, -0.2) is 22.0 Å². The number of aliphatic hydroxyl groups is 1. The maximum absolute atomic E-state index is 13.4. The summed E-state index contributed by atoms with van der Waals surface area (Å²) < 4.78 is 31.7. The number of nitrogens with zero attached hydrogens (tertiary/aromatic N) is 2. The van der Waals surface area contributed by atoms with Gasteiger partial charge in [-0.25, -0.2) is 8.78 Å². The van der Waals surface area contributed by atoms with Crippen LogP contribution in [0, 0.1) is 18.6 Å². The standard InChI is InChI=1S/C21H14F2N2O4/c1-11-10-16(24-29-11)25-18(12-2-6-14(22)7-3-12)17(20(27)21(25)28)19(26)13-4-8-15(23)9-5-13/h2-10,18,26H,1H3/b19-17+/t18-/m0/s1. The summed E-state index contributed by atoms with van der Waals surface area (Å²) in [7, 11) is 0. The van der Waals surface area contributed by atoms with Crippen LogP contribution in [-0.2, 0) is 9.59 Å². The average Bonchev–Trinajstić information content (AvgIpc) is 3.24. The Morgan fingerprint density at radius 3 is 2.17 bits per heavy atom. The van der Waals surface area contributed by atoms with Gasteiger partial charge in [-0.3, -0.25) is 14.5 Å². The van der Waals surface area contributed by atoms with Gasteiger partial charge in [0.25, 0.3) is 5.78 Å². The van der Waals surface area contributed by atoms with Gasteiger partial charge in [0, 0.05) is 11.6 Å². The Kier molecular flexibility index (Phi) is 4.46. The third-order valence-electron chi connectivity index (χ3n) is 4.61. The van der Waals surface area contributed by atoms with E-state index in [2.05, 4.69) is 5.16 Å². The van der Waals surface area contributed by atoms with Crippen molar-refractivity contribution in [2.45, 2.75) is 13.0 Å². The Bertz CT molecular complexity index is 1130. The quantitative estimate of drug-likeness (QED) is 0.413. The maximum Gasteiger partial charge on any atom is 0.301 e. The fourth-order valence-electron chi connectivity index (χ4n) is 3.26. The van der Waals surface area contributed by atoms with Gasteiger partial charge in [-0.1, -0.05) is 17.3 Å². The van der Waals surface area contributed by atoms with E-state index >= 15 is 0 Å². The second kappa shape index (κ2) is 6.97. The first-order valence-electron chi connectivity index (χ1n) is 8.62. The molecule has 1 fully saturated rings. The first-order chi connectivity index (χ1) is 13.9. The minimum atomic E-state index is -1.06. The van der Waals surface area contributed by atoms with Crippen LogP contribution < -0.4 is 4.90 Å². The summed E-state index contributed by atoms with van der Waals surface area (Å²) in [6.07, 6.45) is 0. The Hall–Kier alpha value is -3.81. The van der Waals surface area contributed by atoms with Crippen LogP contribution in [0.5, 0.6) is 0 Å². The molecule has 1 N–H and O–H groups in total. The number of aryl methyl sites for hydroxylation is 1. The molecule has 3 aromatic rings. The number of Topliss-reactive ketones (excluding diaryl/α,β-unsaturated/α-hetero) is 1. The lowest BCUT2D eigenvalue weighted by Gasteiger charge is -2.22. The summed E-state index contributed by atoms with van der Waals surface area (Å²) >= 11 is 0. The molecule has 4 rings (SSSR count). The topological polar surface area (TPSA) is 83.6 Å². The Morgan fingerprint density at radius 2 is 1.62 bits per heavy atom. The van der Waals surface area contributed by atoms with Crippen molar-refractivity contribution in [1.82, 2.24) is 5.16 Å². The summed E-state index contributed by atoms with van der Waals surface area (Å²) in [5.41, 5.74) is 0.330. The van der Waals surface area contributed by atoms with E-state index in [9.17, 15) is 23.5 Å². The van der Waals surface area contributed by atoms with Gasteiger partial charge >= 0.3 is 5.91 Å². The van der Waals surface area contributed by atoms with Gasteiger partial charge in [-0.15, -0.1) is 0 Å². The van der Waals surface area contributed by atoms with Crippen LogP contribution in [0.3, 0.4) is 0 Å². The summed E-state index contributed by atoms with van der Waals surface area (Å²) in [5, 5.41) is 14.6. The smallest absolute Gasteiger partial charge is 0.301 e. The van der Waals surface area contributed by atoms with E-state index in [4.69, 9.17) is 4.52 Å². The molecule has 1 atom stereocenters. The van der Waals surface area contributed by atoms with Crippen molar-refractivity contribution in [3.63, 3.8) is 0 Å². The van der Waals surface area contributed by atoms with E-state index < -0.39 is 35.1 Å². The van der Waals surface area contributed by atoms with Gasteiger partial charge in [0.15, 0.2) is 5.82 Å². The number of rotatable bonds is 3. The molecule has 0 unspecified atom stereocenters. The van der Waals surface area contributed by atoms with Crippen LogP contribution in [0.25, 0.3) is 5.76 Å². The second-order valence-electron chi connectivity index (χ2n) is 6.52. The molecule has 0 bridgehead atoms. The molecule has 0 radical (unpaired) electrons. The molecule has 0 spiro atoms. The summed E-state index contributed by atoms with van der Waals surface area (Å²) in [5.74, 6) is -2.86. The molecule has 8 heteroatoms. The molecule has 1 amide bonds. The molecule has 6 nitrogen and oxygen atoms in total. The van der Waals surface area contributed by atoms with Crippen molar-refractivity contribution in [1.29, 1.82) is 0 Å². The molecule has 1 aromatic heterocycles. The number of halogens is 2. The van der Waals surface area contributed by atoms with Crippen LogP contribution in [0.4, 0.5) is 14.6 Å². The van der Waals surface area contributed by atoms with Crippen LogP contribution in [0.1, 0.15) is 22.9 Å². The highest BCUT2D eigenvalue weighted by Crippen LogP contribution is 2.41. The minimum absolute atomic E-state index is 0.0806. The zero-order valence-corrected chi connectivity index (χ0v) is 15.1. The summed E-state index contributed by atoms with van der Waals surface area (Å²) in [6, 6.07) is 10.4. The molecular weight excluding hydrogens is 382 g/mol. The number of anilines is 1. The van der Waals surface area contributed by atoms with Gasteiger partial charge in [-0.2, -0.15) is 0 Å². The lowest BCUT2D eigenvalue weighted by atomic mass is 9.95. The fourth-order valence-corrected chi connectivity index (χ4v) is 3.26. The minimum Gasteiger partial charge on any atom is -0.507 e. The van der Waals surface area contributed by atoms with E-state index in [-0.39, 0.29) is 17.0 Å². The van der Waals surface area contributed by atoms with Crippen molar-refractivity contribution in [3.05, 3.63) is 88.7 Å². The first-order valence-corrected chi connectivity index (χ1v) is 8.62. The van der Waals surface area contributed by atoms with Crippen LogP contribution in [0.2, 0.25) is 0 Å². The van der Waals surface area contributed by atoms with Crippen molar-refractivity contribution in [2.24, 2.45) is 0 Å². The first kappa shape index (κ1) is 18.5. The number of amides is 1. The number of carbonyl (C=O) groups excluding carboxylic acids is 2. The molecule has 1 aliphatic heterocycles. The molecule has 146 valence electrons. The highest BCUT2D eigenvalue weighted by molar-refractivity contribution is 6.51.